The smallest absolute Gasteiger partial charge is 0.271 e. The van der Waals surface area contributed by atoms with Crippen molar-refractivity contribution in [1.29, 1.82) is 0 Å². The molecule has 1 aliphatic carbocycles. The Hall–Kier alpha value is -2.53. The second-order valence-electron chi connectivity index (χ2n) is 4.42. The van der Waals surface area contributed by atoms with E-state index >= 15 is 0 Å². The highest BCUT2D eigenvalue weighted by Gasteiger charge is 2.34. The number of carbonyl (C=O) groups excluding carboxylic acids is 2. The van der Waals surface area contributed by atoms with Crippen LogP contribution >= 0.6 is 0 Å². The largest absolute Gasteiger partial charge is 0.284 e. The minimum atomic E-state index is -0.457. The Morgan fingerprint density at radius 2 is 2.15 bits per heavy atom. The molecule has 0 fully saturated rings. The molecule has 5 heteroatoms. The lowest BCUT2D eigenvalue weighted by atomic mass is 10.0. The van der Waals surface area contributed by atoms with Gasteiger partial charge in [0.1, 0.15) is 6.61 Å². The molecule has 2 amide bonds. The van der Waals surface area contributed by atoms with E-state index in [9.17, 15) is 9.59 Å². The van der Waals surface area contributed by atoms with E-state index < -0.39 is 11.8 Å². The fourth-order valence-electron chi connectivity index (χ4n) is 2.03. The average Bonchev–Trinajstić information content (AvgIpc) is 2.71. The number of nitrogens with zero attached hydrogens (tertiary/aromatic N) is 2. The first-order chi connectivity index (χ1) is 9.75. The summed E-state index contributed by atoms with van der Waals surface area (Å²) in [4.78, 5) is 33.7. The van der Waals surface area contributed by atoms with E-state index in [4.69, 9.17) is 4.84 Å². The summed E-state index contributed by atoms with van der Waals surface area (Å²) in [5, 5.41) is 0.828. The van der Waals surface area contributed by atoms with Crippen LogP contribution in [0.15, 0.2) is 60.3 Å². The lowest BCUT2D eigenvalue weighted by molar-refractivity contribution is -0.198. The molecule has 1 aliphatic heterocycles. The van der Waals surface area contributed by atoms with E-state index in [-0.39, 0.29) is 12.5 Å². The lowest BCUT2D eigenvalue weighted by Crippen LogP contribution is -2.43. The normalized spacial score (nSPS) is 20.9. The van der Waals surface area contributed by atoms with Crippen molar-refractivity contribution in [1.82, 2.24) is 10.0 Å². The van der Waals surface area contributed by atoms with Crippen molar-refractivity contribution in [2.45, 2.75) is 6.61 Å². The van der Waals surface area contributed by atoms with Crippen LogP contribution in [0, 0.1) is 5.92 Å². The summed E-state index contributed by atoms with van der Waals surface area (Å²) in [6, 6.07) is 5.38. The number of imide groups is 1. The standard InChI is InChI=1S/C15H12N2O3/c18-14-11-5-1-2-6-12(9-11)15(19)17(14)20-10-13-7-3-4-8-16-13/h1-9,11H,10H2. The number of fused-ring (bicyclic) bond motifs is 1. The molecule has 1 atom stereocenters. The van der Waals surface area contributed by atoms with Gasteiger partial charge < -0.3 is 0 Å². The molecule has 1 unspecified atom stereocenters. The van der Waals surface area contributed by atoms with Crippen LogP contribution in [0.25, 0.3) is 0 Å². The molecule has 1 aromatic heterocycles. The molecule has 2 aliphatic rings. The lowest BCUT2D eigenvalue weighted by Gasteiger charge is -2.26. The number of carbonyl (C=O) groups is 2. The molecule has 0 aromatic carbocycles. The highest BCUT2D eigenvalue weighted by molar-refractivity contribution is 6.09. The fourth-order valence-corrected chi connectivity index (χ4v) is 2.03. The quantitative estimate of drug-likeness (QED) is 0.780. The van der Waals surface area contributed by atoms with Gasteiger partial charge in [-0.1, -0.05) is 30.4 Å². The average molecular weight is 268 g/mol. The number of pyridine rings is 1. The van der Waals surface area contributed by atoms with E-state index in [1.807, 2.05) is 6.07 Å². The van der Waals surface area contributed by atoms with Gasteiger partial charge in [-0.3, -0.25) is 19.4 Å². The van der Waals surface area contributed by atoms with Gasteiger partial charge in [0.05, 0.1) is 11.6 Å². The zero-order chi connectivity index (χ0) is 13.9. The van der Waals surface area contributed by atoms with Crippen LogP contribution in [0.3, 0.4) is 0 Å². The Labute approximate surface area is 115 Å². The summed E-state index contributed by atoms with van der Waals surface area (Å²) in [5.74, 6) is -1.28. The van der Waals surface area contributed by atoms with Crippen molar-refractivity contribution in [3.8, 4) is 0 Å². The Bertz CT molecular complexity index is 632. The molecular weight excluding hydrogens is 256 g/mol. The molecule has 5 nitrogen and oxygen atoms in total. The highest BCUT2D eigenvalue weighted by Crippen LogP contribution is 2.23. The molecule has 0 spiro atoms. The molecular formula is C15H12N2O3. The Morgan fingerprint density at radius 1 is 1.25 bits per heavy atom. The number of hydrogen-bond donors (Lipinski definition) is 0. The zero-order valence-electron chi connectivity index (χ0n) is 10.6. The summed E-state index contributed by atoms with van der Waals surface area (Å²) >= 11 is 0. The van der Waals surface area contributed by atoms with Crippen molar-refractivity contribution in [2.24, 2.45) is 5.92 Å². The van der Waals surface area contributed by atoms with Crippen LogP contribution in [0.2, 0.25) is 0 Å². The van der Waals surface area contributed by atoms with Crippen molar-refractivity contribution in [2.75, 3.05) is 0 Å². The van der Waals surface area contributed by atoms with Crippen LogP contribution in [0.5, 0.6) is 0 Å². The molecule has 1 aromatic rings. The molecule has 0 saturated carbocycles. The van der Waals surface area contributed by atoms with E-state index in [0.29, 0.717) is 11.3 Å². The number of hydroxylamine groups is 2. The van der Waals surface area contributed by atoms with Gasteiger partial charge in [-0.05, 0) is 18.2 Å². The van der Waals surface area contributed by atoms with Crippen molar-refractivity contribution in [3.63, 3.8) is 0 Å². The first-order valence-electron chi connectivity index (χ1n) is 6.23. The summed E-state index contributed by atoms with van der Waals surface area (Å²) < 4.78 is 0. The maximum Gasteiger partial charge on any atom is 0.284 e. The van der Waals surface area contributed by atoms with Crippen LogP contribution in [0.1, 0.15) is 5.69 Å². The zero-order valence-corrected chi connectivity index (χ0v) is 10.6. The Kier molecular flexibility index (Phi) is 3.26. The molecule has 2 heterocycles. The minimum absolute atomic E-state index is 0.0751. The Morgan fingerprint density at radius 3 is 2.95 bits per heavy atom. The van der Waals surface area contributed by atoms with E-state index in [0.717, 1.165) is 5.06 Å². The predicted octanol–water partition coefficient (Wildman–Crippen LogP) is 1.55. The number of allylic oxidation sites excluding steroid dienone is 2. The highest BCUT2D eigenvalue weighted by atomic mass is 16.7. The van der Waals surface area contributed by atoms with Crippen LogP contribution in [-0.2, 0) is 21.0 Å². The van der Waals surface area contributed by atoms with Crippen molar-refractivity contribution >= 4 is 11.8 Å². The van der Waals surface area contributed by atoms with Gasteiger partial charge in [0.2, 0.25) is 0 Å². The molecule has 3 rings (SSSR count). The molecule has 20 heavy (non-hydrogen) atoms. The third-order valence-electron chi connectivity index (χ3n) is 3.05. The first-order valence-corrected chi connectivity index (χ1v) is 6.23. The molecule has 0 radical (unpaired) electrons. The maximum absolute atomic E-state index is 12.2. The third-order valence-corrected chi connectivity index (χ3v) is 3.05. The first kappa shape index (κ1) is 12.5. The van der Waals surface area contributed by atoms with Crippen LogP contribution < -0.4 is 0 Å². The van der Waals surface area contributed by atoms with Gasteiger partial charge >= 0.3 is 0 Å². The second kappa shape index (κ2) is 5.22. The summed E-state index contributed by atoms with van der Waals surface area (Å²) in [6.45, 7) is 0.0751. The van der Waals surface area contributed by atoms with Gasteiger partial charge in [-0.2, -0.15) is 0 Å². The van der Waals surface area contributed by atoms with E-state index in [1.54, 1.807) is 48.7 Å². The van der Waals surface area contributed by atoms with Gasteiger partial charge in [0.25, 0.3) is 11.8 Å². The molecule has 100 valence electrons. The number of aromatic nitrogens is 1. The van der Waals surface area contributed by atoms with E-state index in [2.05, 4.69) is 4.98 Å². The summed E-state index contributed by atoms with van der Waals surface area (Å²) in [5.41, 5.74) is 1.11. The number of rotatable bonds is 3. The predicted molar refractivity (Wildman–Crippen MR) is 70.7 cm³/mol. The number of hydrogen-bond acceptors (Lipinski definition) is 4. The van der Waals surface area contributed by atoms with E-state index in [1.165, 1.54) is 0 Å². The van der Waals surface area contributed by atoms with Crippen molar-refractivity contribution in [3.05, 3.63) is 66.0 Å². The molecule has 2 bridgehead atoms. The Balaban J connectivity index is 1.78. The van der Waals surface area contributed by atoms with Gasteiger partial charge in [-0.25, -0.2) is 0 Å². The maximum atomic E-state index is 12.2. The summed E-state index contributed by atoms with van der Waals surface area (Å²) in [7, 11) is 0. The molecule has 0 saturated heterocycles. The van der Waals surface area contributed by atoms with Crippen molar-refractivity contribution < 1.29 is 14.4 Å². The minimum Gasteiger partial charge on any atom is -0.271 e. The summed E-state index contributed by atoms with van der Waals surface area (Å²) in [6.07, 6.45) is 10.2. The SMILES string of the molecule is O=C1C2=CC(C=CC=C2)C(=O)N1OCc1ccccn1. The van der Waals surface area contributed by atoms with Crippen LogP contribution in [0.4, 0.5) is 0 Å². The molecule has 0 N–H and O–H groups in total. The topological polar surface area (TPSA) is 59.5 Å². The third kappa shape index (κ3) is 2.31. The second-order valence-corrected chi connectivity index (χ2v) is 4.42. The van der Waals surface area contributed by atoms with Gasteiger partial charge in [0, 0.05) is 11.8 Å². The number of amides is 2. The fraction of sp³-hybridized carbons (Fsp3) is 0.133. The van der Waals surface area contributed by atoms with Crippen LogP contribution in [-0.4, -0.2) is 21.9 Å². The van der Waals surface area contributed by atoms with Gasteiger partial charge in [-0.15, -0.1) is 5.06 Å². The van der Waals surface area contributed by atoms with Gasteiger partial charge in [0.15, 0.2) is 0 Å². The monoisotopic (exact) mass is 268 g/mol.